The first-order chi connectivity index (χ1) is 10.8. The number of hydrogen-bond acceptors (Lipinski definition) is 4. The Bertz CT molecular complexity index is 775. The lowest BCUT2D eigenvalue weighted by Crippen LogP contribution is -2.23. The minimum Gasteiger partial charge on any atom is -0.440 e. The van der Waals surface area contributed by atoms with Crippen LogP contribution in [-0.2, 0) is 13.0 Å². The molecule has 1 aliphatic rings. The monoisotopic (exact) mass is 294 g/mol. The van der Waals surface area contributed by atoms with Crippen molar-refractivity contribution in [1.29, 1.82) is 0 Å². The zero-order valence-corrected chi connectivity index (χ0v) is 12.5. The number of aromatic amines is 1. The first kappa shape index (κ1) is 13.1. The number of fused-ring (bicyclic) bond motifs is 1. The van der Waals surface area contributed by atoms with E-state index >= 15 is 0 Å². The first-order valence-corrected chi connectivity index (χ1v) is 7.60. The van der Waals surface area contributed by atoms with E-state index in [-0.39, 0.29) is 0 Å². The van der Waals surface area contributed by atoms with Gasteiger partial charge < -0.3 is 14.3 Å². The van der Waals surface area contributed by atoms with Crippen molar-refractivity contribution in [2.24, 2.45) is 0 Å². The summed E-state index contributed by atoms with van der Waals surface area (Å²) < 4.78 is 5.98. The second-order valence-electron chi connectivity index (χ2n) is 5.66. The molecule has 5 nitrogen and oxygen atoms in total. The highest BCUT2D eigenvalue weighted by molar-refractivity contribution is 5.50. The predicted octanol–water partition coefficient (Wildman–Crippen LogP) is 3.33. The van der Waals surface area contributed by atoms with Gasteiger partial charge in [0, 0.05) is 24.9 Å². The maximum atomic E-state index is 5.98. The summed E-state index contributed by atoms with van der Waals surface area (Å²) in [7, 11) is 0. The Morgan fingerprint density at radius 2 is 2.18 bits per heavy atom. The summed E-state index contributed by atoms with van der Waals surface area (Å²) in [5.74, 6) is 2.68. The summed E-state index contributed by atoms with van der Waals surface area (Å²) in [5.41, 5.74) is 3.07. The fourth-order valence-corrected chi connectivity index (χ4v) is 2.87. The normalized spacial score (nSPS) is 14.7. The van der Waals surface area contributed by atoms with Crippen LogP contribution in [0.4, 0.5) is 5.82 Å². The highest BCUT2D eigenvalue weighted by Gasteiger charge is 2.22. The molecule has 0 fully saturated rings. The van der Waals surface area contributed by atoms with Gasteiger partial charge in [0.05, 0.1) is 6.54 Å². The predicted molar refractivity (Wildman–Crippen MR) is 84.6 cm³/mol. The van der Waals surface area contributed by atoms with Crippen LogP contribution in [-0.4, -0.2) is 21.5 Å². The van der Waals surface area contributed by atoms with Gasteiger partial charge in [-0.25, -0.2) is 9.97 Å². The van der Waals surface area contributed by atoms with E-state index in [0.717, 1.165) is 54.6 Å². The van der Waals surface area contributed by atoms with Gasteiger partial charge in [0.15, 0.2) is 0 Å². The van der Waals surface area contributed by atoms with Crippen molar-refractivity contribution < 1.29 is 4.42 Å². The number of anilines is 1. The average Bonchev–Trinajstić information content (AvgIpc) is 3.09. The lowest BCUT2D eigenvalue weighted by atomic mass is 10.2. The second kappa shape index (κ2) is 5.33. The standard InChI is InChI=1S/C17H18N4O/c1-12-7-8-13(19-12)17-20-14-11-21(10-4-5-15(14)22-17)16-6-2-3-9-18-16/h2-3,6-9,19H,4-5,10-11H2,1H3. The fraction of sp³-hybridized carbons (Fsp3) is 0.294. The molecule has 0 radical (unpaired) electrons. The number of hydrogen-bond donors (Lipinski definition) is 1. The second-order valence-corrected chi connectivity index (χ2v) is 5.66. The molecule has 0 saturated heterocycles. The number of nitrogens with zero attached hydrogens (tertiary/aromatic N) is 3. The molecule has 3 aromatic rings. The van der Waals surface area contributed by atoms with Crippen molar-refractivity contribution in [2.45, 2.75) is 26.3 Å². The van der Waals surface area contributed by atoms with Crippen LogP contribution in [0.2, 0.25) is 0 Å². The molecule has 0 atom stereocenters. The Morgan fingerprint density at radius 3 is 2.95 bits per heavy atom. The summed E-state index contributed by atoms with van der Waals surface area (Å²) in [6.45, 7) is 3.75. The molecular formula is C17H18N4O. The van der Waals surface area contributed by atoms with Crippen molar-refractivity contribution in [2.75, 3.05) is 11.4 Å². The average molecular weight is 294 g/mol. The Balaban J connectivity index is 1.65. The van der Waals surface area contributed by atoms with E-state index in [2.05, 4.69) is 14.9 Å². The van der Waals surface area contributed by atoms with E-state index in [9.17, 15) is 0 Å². The Hall–Kier alpha value is -2.56. The number of nitrogens with one attached hydrogen (secondary N) is 1. The molecule has 0 aromatic carbocycles. The van der Waals surface area contributed by atoms with Crippen molar-refractivity contribution in [1.82, 2.24) is 15.0 Å². The highest BCUT2D eigenvalue weighted by Crippen LogP contribution is 2.27. The SMILES string of the molecule is Cc1ccc(-c2nc3c(o2)CCCN(c2ccccn2)C3)[nH]1. The zero-order chi connectivity index (χ0) is 14.9. The van der Waals surface area contributed by atoms with Crippen LogP contribution >= 0.6 is 0 Å². The van der Waals surface area contributed by atoms with Gasteiger partial charge in [-0.2, -0.15) is 0 Å². The molecule has 3 aromatic heterocycles. The maximum absolute atomic E-state index is 5.98. The van der Waals surface area contributed by atoms with Crippen molar-refractivity contribution in [3.8, 4) is 11.6 Å². The van der Waals surface area contributed by atoms with Crippen LogP contribution in [0.25, 0.3) is 11.6 Å². The van der Waals surface area contributed by atoms with Crippen molar-refractivity contribution in [3.63, 3.8) is 0 Å². The number of rotatable bonds is 2. The van der Waals surface area contributed by atoms with E-state index in [4.69, 9.17) is 9.40 Å². The Labute approximate surface area is 129 Å². The molecule has 0 unspecified atom stereocenters. The van der Waals surface area contributed by atoms with Crippen LogP contribution in [0.15, 0.2) is 40.9 Å². The third-order valence-corrected chi connectivity index (χ3v) is 3.99. The van der Waals surface area contributed by atoms with Crippen LogP contribution < -0.4 is 4.90 Å². The first-order valence-electron chi connectivity index (χ1n) is 7.60. The van der Waals surface area contributed by atoms with E-state index in [0.29, 0.717) is 5.89 Å². The van der Waals surface area contributed by atoms with E-state index in [1.807, 2.05) is 43.5 Å². The Morgan fingerprint density at radius 1 is 1.23 bits per heavy atom. The third-order valence-electron chi connectivity index (χ3n) is 3.99. The van der Waals surface area contributed by atoms with Gasteiger partial charge in [0.25, 0.3) is 0 Å². The summed E-state index contributed by atoms with van der Waals surface area (Å²) in [5, 5.41) is 0. The molecule has 22 heavy (non-hydrogen) atoms. The molecule has 1 aliphatic heterocycles. The highest BCUT2D eigenvalue weighted by atomic mass is 16.4. The number of aryl methyl sites for hydroxylation is 2. The Kier molecular flexibility index (Phi) is 3.18. The topological polar surface area (TPSA) is 58.0 Å². The van der Waals surface area contributed by atoms with Gasteiger partial charge in [-0.05, 0) is 37.6 Å². The number of aromatic nitrogens is 3. The summed E-state index contributed by atoms with van der Waals surface area (Å²) in [6.07, 6.45) is 3.80. The minimum absolute atomic E-state index is 0.681. The van der Waals surface area contributed by atoms with E-state index in [1.54, 1.807) is 0 Å². The molecular weight excluding hydrogens is 276 g/mol. The molecule has 4 rings (SSSR count). The molecule has 4 heterocycles. The largest absolute Gasteiger partial charge is 0.440 e. The molecule has 0 aliphatic carbocycles. The molecule has 0 bridgehead atoms. The molecule has 1 N–H and O–H groups in total. The van der Waals surface area contributed by atoms with Crippen LogP contribution in [0.3, 0.4) is 0 Å². The van der Waals surface area contributed by atoms with E-state index in [1.165, 1.54) is 0 Å². The van der Waals surface area contributed by atoms with Crippen LogP contribution in [0, 0.1) is 6.92 Å². The third kappa shape index (κ3) is 2.39. The fourth-order valence-electron chi connectivity index (χ4n) is 2.87. The quantitative estimate of drug-likeness (QED) is 0.787. The van der Waals surface area contributed by atoms with Gasteiger partial charge in [-0.15, -0.1) is 0 Å². The number of pyridine rings is 1. The zero-order valence-electron chi connectivity index (χ0n) is 12.5. The van der Waals surface area contributed by atoms with Crippen LogP contribution in [0.5, 0.6) is 0 Å². The molecule has 0 spiro atoms. The minimum atomic E-state index is 0.681. The summed E-state index contributed by atoms with van der Waals surface area (Å²) in [6, 6.07) is 10.0. The number of H-pyrrole nitrogens is 1. The van der Waals surface area contributed by atoms with Gasteiger partial charge in [0.2, 0.25) is 5.89 Å². The van der Waals surface area contributed by atoms with Crippen molar-refractivity contribution in [3.05, 3.63) is 53.7 Å². The summed E-state index contributed by atoms with van der Waals surface area (Å²) in [4.78, 5) is 14.7. The smallest absolute Gasteiger partial charge is 0.243 e. The molecule has 112 valence electrons. The van der Waals surface area contributed by atoms with E-state index < -0.39 is 0 Å². The lowest BCUT2D eigenvalue weighted by Gasteiger charge is -2.20. The van der Waals surface area contributed by atoms with Crippen molar-refractivity contribution >= 4 is 5.82 Å². The molecule has 5 heteroatoms. The number of oxazole rings is 1. The van der Waals surface area contributed by atoms with Gasteiger partial charge in [-0.1, -0.05) is 6.07 Å². The van der Waals surface area contributed by atoms with Gasteiger partial charge in [0.1, 0.15) is 23.0 Å². The van der Waals surface area contributed by atoms with Gasteiger partial charge in [-0.3, -0.25) is 0 Å². The summed E-state index contributed by atoms with van der Waals surface area (Å²) >= 11 is 0. The lowest BCUT2D eigenvalue weighted by molar-refractivity contribution is 0.511. The molecule has 0 amide bonds. The van der Waals surface area contributed by atoms with Gasteiger partial charge >= 0.3 is 0 Å². The maximum Gasteiger partial charge on any atom is 0.243 e. The van der Waals surface area contributed by atoms with Crippen LogP contribution in [0.1, 0.15) is 23.6 Å². The molecule has 0 saturated carbocycles.